The van der Waals surface area contributed by atoms with Crippen molar-refractivity contribution in [3.05, 3.63) is 64.0 Å². The first-order valence-corrected chi connectivity index (χ1v) is 9.21. The van der Waals surface area contributed by atoms with Crippen molar-refractivity contribution in [3.63, 3.8) is 0 Å². The van der Waals surface area contributed by atoms with Gasteiger partial charge in [-0.1, -0.05) is 30.8 Å². The smallest absolute Gasteiger partial charge is 0.311 e. The van der Waals surface area contributed by atoms with Gasteiger partial charge < -0.3 is 9.64 Å². The van der Waals surface area contributed by atoms with Gasteiger partial charge in [-0.25, -0.2) is 0 Å². The number of hydrogen-bond acceptors (Lipinski definition) is 7. The highest BCUT2D eigenvalue weighted by molar-refractivity contribution is 8.14. The number of nitrogens with zero attached hydrogens (tertiary/aromatic N) is 4. The average molecular weight is 370 g/mol. The summed E-state index contributed by atoms with van der Waals surface area (Å²) in [6.45, 7) is 3.02. The Kier molecular flexibility index (Phi) is 4.28. The monoisotopic (exact) mass is 370 g/mol. The van der Waals surface area contributed by atoms with Crippen LogP contribution in [0.15, 0.2) is 47.6 Å². The van der Waals surface area contributed by atoms with Crippen LogP contribution in [-0.4, -0.2) is 38.9 Å². The molecule has 0 spiro atoms. The lowest BCUT2D eigenvalue weighted by molar-refractivity contribution is -0.385. The Hall–Kier alpha value is -2.61. The Labute approximate surface area is 155 Å². The number of aliphatic imine (C=N–C) groups is 1. The fourth-order valence-corrected chi connectivity index (χ4v) is 4.60. The van der Waals surface area contributed by atoms with Crippen LogP contribution in [0.5, 0.6) is 5.75 Å². The number of hydrogen-bond donors (Lipinski definition) is 0. The molecule has 3 atom stereocenters. The van der Waals surface area contributed by atoms with E-state index in [2.05, 4.69) is 16.8 Å². The molecule has 0 bridgehead atoms. The fraction of sp³-hybridized carbons (Fsp3) is 0.333. The molecule has 1 saturated heterocycles. The van der Waals surface area contributed by atoms with Gasteiger partial charge >= 0.3 is 5.69 Å². The molecule has 0 unspecified atom stereocenters. The summed E-state index contributed by atoms with van der Waals surface area (Å²) < 4.78 is 5.14. The van der Waals surface area contributed by atoms with Crippen LogP contribution in [0.2, 0.25) is 0 Å². The molecular formula is C18H18N4O3S. The molecule has 26 heavy (non-hydrogen) atoms. The van der Waals surface area contributed by atoms with Crippen molar-refractivity contribution in [3.8, 4) is 5.75 Å². The molecule has 7 nitrogen and oxygen atoms in total. The van der Waals surface area contributed by atoms with E-state index >= 15 is 0 Å². The summed E-state index contributed by atoms with van der Waals surface area (Å²) >= 11 is 1.74. The number of fused-ring (bicyclic) bond motifs is 1. The zero-order chi connectivity index (χ0) is 18.3. The summed E-state index contributed by atoms with van der Waals surface area (Å²) in [7, 11) is 1.44. The van der Waals surface area contributed by atoms with Gasteiger partial charge in [-0.15, -0.1) is 0 Å². The van der Waals surface area contributed by atoms with E-state index in [9.17, 15) is 10.1 Å². The normalized spacial score (nSPS) is 24.3. The van der Waals surface area contributed by atoms with E-state index in [0.29, 0.717) is 5.25 Å². The van der Waals surface area contributed by atoms with Crippen LogP contribution >= 0.6 is 11.8 Å². The third-order valence-electron chi connectivity index (χ3n) is 4.62. The van der Waals surface area contributed by atoms with Crippen molar-refractivity contribution in [2.75, 3.05) is 13.7 Å². The van der Waals surface area contributed by atoms with Crippen molar-refractivity contribution in [2.24, 2.45) is 4.99 Å². The van der Waals surface area contributed by atoms with Gasteiger partial charge in [0, 0.05) is 24.1 Å². The number of rotatable bonds is 4. The first kappa shape index (κ1) is 16.8. The maximum Gasteiger partial charge on any atom is 0.311 e. The summed E-state index contributed by atoms with van der Waals surface area (Å²) in [5.41, 5.74) is 1.69. The number of nitro groups is 1. The highest BCUT2D eigenvalue weighted by Gasteiger charge is 2.44. The Morgan fingerprint density at radius 2 is 2.19 bits per heavy atom. The molecule has 2 aromatic rings. The van der Waals surface area contributed by atoms with Gasteiger partial charge in [0.15, 0.2) is 10.9 Å². The quantitative estimate of drug-likeness (QED) is 0.604. The van der Waals surface area contributed by atoms with Gasteiger partial charge in [0.05, 0.1) is 23.8 Å². The van der Waals surface area contributed by atoms with E-state index < -0.39 is 4.92 Å². The molecule has 4 rings (SSSR count). The maximum atomic E-state index is 11.4. The topological polar surface area (TPSA) is 80.9 Å². The zero-order valence-corrected chi connectivity index (χ0v) is 15.2. The van der Waals surface area contributed by atoms with Crippen molar-refractivity contribution in [1.29, 1.82) is 0 Å². The summed E-state index contributed by atoms with van der Waals surface area (Å²) in [6, 6.07) is 10.6. The molecule has 8 heteroatoms. The number of benzene rings is 1. The molecule has 1 aromatic heterocycles. The molecular weight excluding hydrogens is 352 g/mol. The van der Waals surface area contributed by atoms with E-state index in [1.54, 1.807) is 30.1 Å². The summed E-state index contributed by atoms with van der Waals surface area (Å²) in [4.78, 5) is 22.6. The number of pyridine rings is 1. The average Bonchev–Trinajstić information content (AvgIpc) is 3.17. The number of methoxy groups -OCH3 is 1. The molecule has 0 saturated carbocycles. The molecule has 3 heterocycles. The van der Waals surface area contributed by atoms with Crippen LogP contribution in [0.3, 0.4) is 0 Å². The minimum atomic E-state index is -0.407. The van der Waals surface area contributed by atoms with Gasteiger partial charge in [0.2, 0.25) is 0 Å². The van der Waals surface area contributed by atoms with Crippen LogP contribution in [-0.2, 0) is 0 Å². The number of amidine groups is 1. The molecule has 2 aliphatic heterocycles. The molecule has 0 radical (unpaired) electrons. The number of thioether (sulfide) groups is 1. The molecule has 0 aliphatic carbocycles. The van der Waals surface area contributed by atoms with Crippen LogP contribution < -0.4 is 4.74 Å². The van der Waals surface area contributed by atoms with E-state index in [1.807, 2.05) is 24.3 Å². The van der Waals surface area contributed by atoms with Gasteiger partial charge in [0.25, 0.3) is 0 Å². The lowest BCUT2D eigenvalue weighted by Crippen LogP contribution is -2.28. The largest absolute Gasteiger partial charge is 0.490 e. The molecule has 1 aromatic carbocycles. The lowest BCUT2D eigenvalue weighted by atomic mass is 9.96. The second-order valence-corrected chi connectivity index (χ2v) is 7.73. The zero-order valence-electron chi connectivity index (χ0n) is 14.4. The van der Waals surface area contributed by atoms with Crippen LogP contribution in [0.1, 0.15) is 30.3 Å². The van der Waals surface area contributed by atoms with Crippen molar-refractivity contribution in [2.45, 2.75) is 24.3 Å². The van der Waals surface area contributed by atoms with E-state index in [4.69, 9.17) is 9.73 Å². The SMILES string of the molecule is COc1ccc([C@@H]2[C@H](c3ccccn3)N=C3S[C@@H](C)CN32)cc1[N+](=O)[O-]. The fourth-order valence-electron chi connectivity index (χ4n) is 3.51. The molecule has 0 N–H and O–H groups in total. The third kappa shape index (κ3) is 2.80. The van der Waals surface area contributed by atoms with Gasteiger partial charge in [-0.3, -0.25) is 20.1 Å². The maximum absolute atomic E-state index is 11.4. The van der Waals surface area contributed by atoms with Gasteiger partial charge in [0.1, 0.15) is 6.04 Å². The van der Waals surface area contributed by atoms with Crippen LogP contribution in [0, 0.1) is 10.1 Å². The van der Waals surface area contributed by atoms with Crippen molar-refractivity contribution < 1.29 is 9.66 Å². The summed E-state index contributed by atoms with van der Waals surface area (Å²) in [5, 5.41) is 12.9. The first-order valence-electron chi connectivity index (χ1n) is 8.33. The minimum Gasteiger partial charge on any atom is -0.490 e. The Morgan fingerprint density at radius 3 is 2.88 bits per heavy atom. The second-order valence-electron chi connectivity index (χ2n) is 6.33. The van der Waals surface area contributed by atoms with Crippen molar-refractivity contribution >= 4 is 22.6 Å². The predicted molar refractivity (Wildman–Crippen MR) is 101 cm³/mol. The van der Waals surface area contributed by atoms with E-state index in [1.165, 1.54) is 7.11 Å². The Balaban J connectivity index is 1.80. The number of ether oxygens (including phenoxy) is 1. The Morgan fingerprint density at radius 1 is 1.35 bits per heavy atom. The molecule has 2 aliphatic rings. The van der Waals surface area contributed by atoms with Gasteiger partial charge in [-0.05, 0) is 23.8 Å². The highest BCUT2D eigenvalue weighted by Crippen LogP contribution is 2.48. The number of aromatic nitrogens is 1. The third-order valence-corrected chi connectivity index (χ3v) is 5.72. The van der Waals surface area contributed by atoms with E-state index in [0.717, 1.165) is 23.0 Å². The summed E-state index contributed by atoms with van der Waals surface area (Å²) in [6.07, 6.45) is 1.75. The van der Waals surface area contributed by atoms with Crippen LogP contribution in [0.4, 0.5) is 5.69 Å². The van der Waals surface area contributed by atoms with E-state index in [-0.39, 0.29) is 23.5 Å². The molecule has 0 amide bonds. The molecule has 1 fully saturated rings. The highest BCUT2D eigenvalue weighted by atomic mass is 32.2. The first-order chi connectivity index (χ1) is 12.6. The van der Waals surface area contributed by atoms with Gasteiger partial charge in [-0.2, -0.15) is 0 Å². The molecule has 134 valence electrons. The standard InChI is InChI=1S/C18H18N4O3S/c1-11-10-21-17(12-6-7-15(25-2)14(9-12)22(23)24)16(20-18(21)26-11)13-5-3-4-8-19-13/h3-9,11,16-17H,10H2,1-2H3/t11-,16-,17+/m0/s1. The van der Waals surface area contributed by atoms with Crippen molar-refractivity contribution in [1.82, 2.24) is 9.88 Å². The van der Waals surface area contributed by atoms with Crippen LogP contribution in [0.25, 0.3) is 0 Å². The predicted octanol–water partition coefficient (Wildman–Crippen LogP) is 3.59. The second kappa shape index (κ2) is 6.60. The number of nitro benzene ring substituents is 1. The lowest BCUT2D eigenvalue weighted by Gasteiger charge is -2.27. The summed E-state index contributed by atoms with van der Waals surface area (Å²) in [5.74, 6) is 0.261. The Bertz CT molecular complexity index is 874. The minimum absolute atomic E-state index is 0.0295.